The van der Waals surface area contributed by atoms with Crippen molar-refractivity contribution in [3.05, 3.63) is 59.0 Å². The molecule has 2 aromatic carbocycles. The number of carbonyl (C=O) groups excluding carboxylic acids is 1. The number of benzene rings is 2. The molecule has 1 amide bonds. The van der Waals surface area contributed by atoms with Crippen molar-refractivity contribution in [3.63, 3.8) is 0 Å². The molecule has 1 aliphatic rings. The number of nitrogens with zero attached hydrogens (tertiary/aromatic N) is 2. The molecule has 1 aliphatic heterocycles. The summed E-state index contributed by atoms with van der Waals surface area (Å²) in [5.41, 5.74) is 2.25. The van der Waals surface area contributed by atoms with Crippen LogP contribution in [0.15, 0.2) is 57.7 Å². The van der Waals surface area contributed by atoms with E-state index >= 15 is 0 Å². The number of carbonyl (C=O) groups is 1. The summed E-state index contributed by atoms with van der Waals surface area (Å²) in [4.78, 5) is 28.8. The topological polar surface area (TPSA) is 75.0 Å². The fourth-order valence-electron chi connectivity index (χ4n) is 4.02. The zero-order valence-corrected chi connectivity index (χ0v) is 17.9. The second-order valence-electron chi connectivity index (χ2n) is 7.78. The van der Waals surface area contributed by atoms with Crippen LogP contribution in [0, 0.1) is 0 Å². The number of hydrogen-bond donors (Lipinski definition) is 1. The Bertz CT molecular complexity index is 1140. The summed E-state index contributed by atoms with van der Waals surface area (Å²) in [5.74, 6) is 0.521. The number of amides is 1. The molecule has 0 spiro atoms. The van der Waals surface area contributed by atoms with Gasteiger partial charge in [-0.25, -0.2) is 4.79 Å². The van der Waals surface area contributed by atoms with Gasteiger partial charge in [-0.1, -0.05) is 18.6 Å². The van der Waals surface area contributed by atoms with Crippen LogP contribution in [-0.2, 0) is 4.79 Å². The predicted octanol–water partition coefficient (Wildman–Crippen LogP) is 3.99. The zero-order chi connectivity index (χ0) is 21.8. The molecule has 0 radical (unpaired) electrons. The third-order valence-corrected chi connectivity index (χ3v) is 5.65. The Morgan fingerprint density at radius 2 is 1.90 bits per heavy atom. The number of anilines is 3. The van der Waals surface area contributed by atoms with Gasteiger partial charge in [0, 0.05) is 24.2 Å². The van der Waals surface area contributed by atoms with Crippen LogP contribution in [0.25, 0.3) is 11.0 Å². The van der Waals surface area contributed by atoms with E-state index in [4.69, 9.17) is 9.15 Å². The molecule has 1 fully saturated rings. The molecule has 2 heterocycles. The van der Waals surface area contributed by atoms with Gasteiger partial charge in [-0.05, 0) is 56.3 Å². The Morgan fingerprint density at radius 3 is 2.68 bits per heavy atom. The molecule has 3 aromatic rings. The van der Waals surface area contributed by atoms with E-state index < -0.39 is 5.63 Å². The molecule has 0 unspecified atom stereocenters. The highest BCUT2D eigenvalue weighted by Gasteiger charge is 2.17. The smallest absolute Gasteiger partial charge is 0.338 e. The molecule has 7 heteroatoms. The van der Waals surface area contributed by atoms with E-state index in [1.165, 1.54) is 12.5 Å². The first-order valence-electron chi connectivity index (χ1n) is 10.5. The van der Waals surface area contributed by atoms with Gasteiger partial charge in [0.05, 0.1) is 25.0 Å². The molecule has 0 aliphatic carbocycles. The fraction of sp³-hybridized carbons (Fsp3) is 0.333. The van der Waals surface area contributed by atoms with Gasteiger partial charge in [0.25, 0.3) is 0 Å². The lowest BCUT2D eigenvalue weighted by molar-refractivity contribution is -0.117. The molecule has 31 heavy (non-hydrogen) atoms. The maximum atomic E-state index is 12.6. The van der Waals surface area contributed by atoms with Crippen LogP contribution in [0.5, 0.6) is 5.75 Å². The summed E-state index contributed by atoms with van der Waals surface area (Å²) >= 11 is 0. The van der Waals surface area contributed by atoms with Gasteiger partial charge in [-0.3, -0.25) is 9.69 Å². The summed E-state index contributed by atoms with van der Waals surface area (Å²) < 4.78 is 10.8. The lowest BCUT2D eigenvalue weighted by Crippen LogP contribution is -2.36. The largest absolute Gasteiger partial charge is 0.495 e. The average Bonchev–Trinajstić information content (AvgIpc) is 2.78. The lowest BCUT2D eigenvalue weighted by Gasteiger charge is -2.26. The summed E-state index contributed by atoms with van der Waals surface area (Å²) in [7, 11) is 3.46. The molecular formula is C24H27N3O4. The average molecular weight is 421 g/mol. The van der Waals surface area contributed by atoms with E-state index in [2.05, 4.69) is 10.2 Å². The Morgan fingerprint density at radius 1 is 1.13 bits per heavy atom. The quantitative estimate of drug-likeness (QED) is 0.607. The molecular weight excluding hydrogens is 394 g/mol. The highest BCUT2D eigenvalue weighted by atomic mass is 16.5. The number of methoxy groups -OCH3 is 1. The van der Waals surface area contributed by atoms with Crippen LogP contribution in [0.2, 0.25) is 0 Å². The molecule has 1 saturated heterocycles. The minimum atomic E-state index is -0.413. The minimum Gasteiger partial charge on any atom is -0.495 e. The minimum absolute atomic E-state index is 0.0641. The Kier molecular flexibility index (Phi) is 6.23. The Hall–Kier alpha value is -3.32. The predicted molar refractivity (Wildman–Crippen MR) is 122 cm³/mol. The Balaban J connectivity index is 1.61. The molecule has 7 nitrogen and oxygen atoms in total. The van der Waals surface area contributed by atoms with Gasteiger partial charge in [-0.15, -0.1) is 0 Å². The lowest BCUT2D eigenvalue weighted by atomic mass is 10.1. The maximum absolute atomic E-state index is 12.6. The summed E-state index contributed by atoms with van der Waals surface area (Å²) in [6, 6.07) is 14.5. The van der Waals surface area contributed by atoms with E-state index in [9.17, 15) is 9.59 Å². The number of hydrogen-bond acceptors (Lipinski definition) is 6. The van der Waals surface area contributed by atoms with Crippen molar-refractivity contribution in [1.82, 2.24) is 4.90 Å². The van der Waals surface area contributed by atoms with Gasteiger partial charge in [0.1, 0.15) is 11.3 Å². The first-order chi connectivity index (χ1) is 15.0. The van der Waals surface area contributed by atoms with Crippen molar-refractivity contribution in [2.24, 2.45) is 0 Å². The van der Waals surface area contributed by atoms with E-state index in [0.717, 1.165) is 42.7 Å². The number of rotatable bonds is 6. The molecule has 4 rings (SSSR count). The van der Waals surface area contributed by atoms with Gasteiger partial charge < -0.3 is 19.4 Å². The normalized spacial score (nSPS) is 14.4. The van der Waals surface area contributed by atoms with Crippen molar-refractivity contribution in [1.29, 1.82) is 0 Å². The fourth-order valence-corrected chi connectivity index (χ4v) is 4.02. The number of para-hydroxylation sites is 1. The Labute approximate surface area is 181 Å². The van der Waals surface area contributed by atoms with Gasteiger partial charge in [-0.2, -0.15) is 0 Å². The highest BCUT2D eigenvalue weighted by molar-refractivity contribution is 5.96. The third-order valence-electron chi connectivity index (χ3n) is 5.65. The molecule has 1 aromatic heterocycles. The number of fused-ring (bicyclic) bond motifs is 1. The van der Waals surface area contributed by atoms with Crippen LogP contribution in [0.3, 0.4) is 0 Å². The second kappa shape index (κ2) is 9.22. The molecule has 0 saturated carbocycles. The van der Waals surface area contributed by atoms with Crippen LogP contribution in [0.1, 0.15) is 19.3 Å². The summed E-state index contributed by atoms with van der Waals surface area (Å²) in [6.45, 7) is 2.28. The standard InChI is InChI=1S/C24H27N3O4/c1-26(20-15-24(29)31-21-9-5-4-8-18(20)21)17-10-11-22(30-2)19(14-17)25-23(28)16-27-12-6-3-7-13-27/h4-5,8-11,14-15H,3,6-7,12-13,16H2,1-2H3,(H,25,28). The van der Waals surface area contributed by atoms with Crippen LogP contribution in [0.4, 0.5) is 17.1 Å². The monoisotopic (exact) mass is 421 g/mol. The number of nitrogens with one attached hydrogen (secondary N) is 1. The number of piperidine rings is 1. The molecule has 0 atom stereocenters. The van der Waals surface area contributed by atoms with Crippen molar-refractivity contribution < 1.29 is 13.9 Å². The SMILES string of the molecule is COc1ccc(N(C)c2cc(=O)oc3ccccc23)cc1NC(=O)CN1CCCCC1. The van der Waals surface area contributed by atoms with Crippen molar-refractivity contribution >= 4 is 33.9 Å². The van der Waals surface area contributed by atoms with Gasteiger partial charge >= 0.3 is 5.63 Å². The van der Waals surface area contributed by atoms with Crippen molar-refractivity contribution in [3.8, 4) is 5.75 Å². The molecule has 1 N–H and O–H groups in total. The van der Waals surface area contributed by atoms with E-state index in [0.29, 0.717) is 23.6 Å². The van der Waals surface area contributed by atoms with Gasteiger partial charge in [0.15, 0.2) is 0 Å². The first-order valence-corrected chi connectivity index (χ1v) is 10.5. The number of likely N-dealkylation sites (tertiary alicyclic amines) is 1. The maximum Gasteiger partial charge on any atom is 0.338 e. The van der Waals surface area contributed by atoms with E-state index in [1.54, 1.807) is 13.2 Å². The summed E-state index contributed by atoms with van der Waals surface area (Å²) in [5, 5.41) is 3.82. The molecule has 0 bridgehead atoms. The summed E-state index contributed by atoms with van der Waals surface area (Å²) in [6.07, 6.45) is 3.50. The number of ether oxygens (including phenoxy) is 1. The van der Waals surface area contributed by atoms with Crippen LogP contribution in [-0.4, -0.2) is 44.6 Å². The van der Waals surface area contributed by atoms with E-state index in [1.807, 2.05) is 48.3 Å². The highest BCUT2D eigenvalue weighted by Crippen LogP contribution is 2.34. The van der Waals surface area contributed by atoms with Crippen LogP contribution >= 0.6 is 0 Å². The van der Waals surface area contributed by atoms with Gasteiger partial charge in [0.2, 0.25) is 5.91 Å². The van der Waals surface area contributed by atoms with Crippen molar-refractivity contribution in [2.45, 2.75) is 19.3 Å². The molecule has 162 valence electrons. The first kappa shape index (κ1) is 20.9. The second-order valence-corrected chi connectivity index (χ2v) is 7.78. The zero-order valence-electron chi connectivity index (χ0n) is 17.9. The van der Waals surface area contributed by atoms with Crippen LogP contribution < -0.4 is 20.6 Å². The van der Waals surface area contributed by atoms with E-state index in [-0.39, 0.29) is 5.91 Å². The third kappa shape index (κ3) is 4.72. The van der Waals surface area contributed by atoms with Crippen molar-refractivity contribution in [2.75, 3.05) is 44.0 Å².